The molecule has 1 heterocycles. The molecule has 0 aliphatic rings. The zero-order valence-corrected chi connectivity index (χ0v) is 12.2. The molecule has 0 aromatic carbocycles. The predicted molar refractivity (Wildman–Crippen MR) is 65.8 cm³/mol. The van der Waals surface area contributed by atoms with Gasteiger partial charge in [-0.05, 0) is 0 Å². The Morgan fingerprint density at radius 2 is 2.00 bits per heavy atom. The topological polar surface area (TPSA) is 57.7 Å². The summed E-state index contributed by atoms with van der Waals surface area (Å²) in [5.74, 6) is -1.42. The number of hydrogen-bond acceptors (Lipinski definition) is 5. The van der Waals surface area contributed by atoms with Crippen LogP contribution in [0.15, 0.2) is 6.20 Å². The van der Waals surface area contributed by atoms with E-state index >= 15 is 0 Å². The van der Waals surface area contributed by atoms with Gasteiger partial charge in [0.25, 0.3) is 0 Å². The number of aromatic nitrogens is 1. The van der Waals surface area contributed by atoms with Gasteiger partial charge in [0, 0.05) is 17.1 Å². The molecule has 0 amide bonds. The highest BCUT2D eigenvalue weighted by Crippen LogP contribution is 2.38. The first-order valence-corrected chi connectivity index (χ1v) is 6.37. The molecular weight excluding hydrogens is 347 g/mol. The van der Waals surface area contributed by atoms with E-state index < -0.39 is 18.1 Å². The minimum atomic E-state index is -4.88. The Bertz CT molecular complexity index is 493. The first-order valence-electron chi connectivity index (χ1n) is 5.25. The Labute approximate surface area is 121 Å². The van der Waals surface area contributed by atoms with Crippen molar-refractivity contribution in [3.63, 3.8) is 0 Å². The SMILES string of the molecule is COC(=O)Cc1ncc(CBr)c(OC(F)(F)F)c1OC. The van der Waals surface area contributed by atoms with Crippen LogP contribution < -0.4 is 9.47 Å². The largest absolute Gasteiger partial charge is 0.573 e. The van der Waals surface area contributed by atoms with Crippen LogP contribution in [0.4, 0.5) is 13.2 Å². The van der Waals surface area contributed by atoms with Crippen molar-refractivity contribution in [2.45, 2.75) is 18.1 Å². The van der Waals surface area contributed by atoms with Gasteiger partial charge in [-0.15, -0.1) is 13.2 Å². The van der Waals surface area contributed by atoms with Gasteiger partial charge in [0.2, 0.25) is 0 Å². The van der Waals surface area contributed by atoms with Crippen molar-refractivity contribution >= 4 is 21.9 Å². The predicted octanol–water partition coefficient (Wildman–Crippen LogP) is 2.60. The summed E-state index contributed by atoms with van der Waals surface area (Å²) >= 11 is 3.03. The first kappa shape index (κ1) is 16.5. The van der Waals surface area contributed by atoms with Gasteiger partial charge >= 0.3 is 12.3 Å². The average molecular weight is 358 g/mol. The van der Waals surface area contributed by atoms with E-state index in [4.69, 9.17) is 4.74 Å². The summed E-state index contributed by atoms with van der Waals surface area (Å²) in [6.07, 6.45) is -4.03. The summed E-state index contributed by atoms with van der Waals surface area (Å²) in [6, 6.07) is 0. The molecule has 0 saturated carbocycles. The fraction of sp³-hybridized carbons (Fsp3) is 0.455. The smallest absolute Gasteiger partial charge is 0.491 e. The molecule has 0 N–H and O–H groups in total. The lowest BCUT2D eigenvalue weighted by Crippen LogP contribution is -2.19. The molecule has 0 atom stereocenters. The molecule has 1 rings (SSSR count). The van der Waals surface area contributed by atoms with E-state index in [1.54, 1.807) is 0 Å². The Kier molecular flexibility index (Phi) is 5.61. The first-order chi connectivity index (χ1) is 9.32. The molecule has 0 radical (unpaired) electrons. The van der Waals surface area contributed by atoms with Crippen LogP contribution in [0.2, 0.25) is 0 Å². The summed E-state index contributed by atoms with van der Waals surface area (Å²) in [6.45, 7) is 0. The molecule has 0 fully saturated rings. The summed E-state index contributed by atoms with van der Waals surface area (Å²) in [4.78, 5) is 15.1. The number of halogens is 4. The van der Waals surface area contributed by atoms with E-state index in [-0.39, 0.29) is 28.8 Å². The molecule has 0 aliphatic carbocycles. The maximum Gasteiger partial charge on any atom is 0.573 e. The molecule has 9 heteroatoms. The molecule has 0 saturated heterocycles. The van der Waals surface area contributed by atoms with Gasteiger partial charge in [-0.1, -0.05) is 15.9 Å². The van der Waals surface area contributed by atoms with Crippen LogP contribution in [0.25, 0.3) is 0 Å². The zero-order valence-electron chi connectivity index (χ0n) is 10.6. The molecule has 1 aromatic heterocycles. The summed E-state index contributed by atoms with van der Waals surface area (Å²) < 4.78 is 50.6. The maximum absolute atomic E-state index is 12.4. The second-order valence-corrected chi connectivity index (χ2v) is 4.09. The molecule has 0 unspecified atom stereocenters. The van der Waals surface area contributed by atoms with Crippen molar-refractivity contribution in [1.29, 1.82) is 0 Å². The fourth-order valence-electron chi connectivity index (χ4n) is 1.42. The molecule has 0 aliphatic heterocycles. The maximum atomic E-state index is 12.4. The number of rotatable bonds is 5. The van der Waals surface area contributed by atoms with E-state index in [9.17, 15) is 18.0 Å². The summed E-state index contributed by atoms with van der Waals surface area (Å²) in [5.41, 5.74) is 0.149. The highest BCUT2D eigenvalue weighted by molar-refractivity contribution is 9.08. The van der Waals surface area contributed by atoms with Gasteiger partial charge < -0.3 is 14.2 Å². The van der Waals surface area contributed by atoms with E-state index in [1.165, 1.54) is 13.3 Å². The van der Waals surface area contributed by atoms with E-state index in [0.29, 0.717) is 0 Å². The van der Waals surface area contributed by atoms with E-state index in [0.717, 1.165) is 7.11 Å². The quantitative estimate of drug-likeness (QED) is 0.598. The van der Waals surface area contributed by atoms with Crippen LogP contribution in [0.1, 0.15) is 11.3 Å². The van der Waals surface area contributed by atoms with Crippen LogP contribution in [-0.4, -0.2) is 31.5 Å². The van der Waals surface area contributed by atoms with Gasteiger partial charge in [-0.25, -0.2) is 0 Å². The average Bonchev–Trinajstić information content (AvgIpc) is 2.37. The second kappa shape index (κ2) is 6.78. The zero-order chi connectivity index (χ0) is 15.3. The number of carbonyl (C=O) groups is 1. The number of ether oxygens (including phenoxy) is 3. The van der Waals surface area contributed by atoms with Crippen LogP contribution >= 0.6 is 15.9 Å². The molecule has 112 valence electrons. The van der Waals surface area contributed by atoms with Crippen molar-refractivity contribution in [2.75, 3.05) is 14.2 Å². The van der Waals surface area contributed by atoms with Crippen molar-refractivity contribution in [2.24, 2.45) is 0 Å². The van der Waals surface area contributed by atoms with Gasteiger partial charge in [-0.3, -0.25) is 9.78 Å². The number of nitrogens with zero attached hydrogens (tertiary/aromatic N) is 1. The number of carbonyl (C=O) groups excluding carboxylic acids is 1. The number of pyridine rings is 1. The molecule has 5 nitrogen and oxygen atoms in total. The Morgan fingerprint density at radius 1 is 1.35 bits per heavy atom. The summed E-state index contributed by atoms with van der Waals surface area (Å²) in [5, 5.41) is 0.0836. The molecule has 20 heavy (non-hydrogen) atoms. The summed E-state index contributed by atoms with van der Waals surface area (Å²) in [7, 11) is 2.33. The van der Waals surface area contributed by atoms with Crippen LogP contribution in [0, 0.1) is 0 Å². The lowest BCUT2D eigenvalue weighted by Gasteiger charge is -2.17. The number of alkyl halides is 4. The Hall–Kier alpha value is -1.51. The lowest BCUT2D eigenvalue weighted by molar-refractivity contribution is -0.275. The Morgan fingerprint density at radius 3 is 2.45 bits per heavy atom. The molecule has 0 spiro atoms. The molecule has 0 bridgehead atoms. The lowest BCUT2D eigenvalue weighted by atomic mass is 10.2. The fourth-order valence-corrected chi connectivity index (χ4v) is 1.82. The standard InChI is InChI=1S/C11H11BrF3NO4/c1-18-8(17)3-7-10(19-2)9(20-11(13,14)15)6(4-12)5-16-7/h5H,3-4H2,1-2H3. The normalized spacial score (nSPS) is 11.1. The molecular formula is C11H11BrF3NO4. The van der Waals surface area contributed by atoms with Gasteiger partial charge in [0.15, 0.2) is 11.5 Å². The monoisotopic (exact) mass is 357 g/mol. The van der Waals surface area contributed by atoms with Crippen molar-refractivity contribution in [3.8, 4) is 11.5 Å². The third-order valence-electron chi connectivity index (χ3n) is 2.24. The number of methoxy groups -OCH3 is 2. The van der Waals surface area contributed by atoms with Gasteiger partial charge in [0.05, 0.1) is 26.3 Å². The van der Waals surface area contributed by atoms with Crippen molar-refractivity contribution < 1.29 is 32.2 Å². The number of esters is 1. The minimum Gasteiger partial charge on any atom is -0.491 e. The van der Waals surface area contributed by atoms with Gasteiger partial charge in [0.1, 0.15) is 0 Å². The van der Waals surface area contributed by atoms with Gasteiger partial charge in [-0.2, -0.15) is 0 Å². The third-order valence-corrected chi connectivity index (χ3v) is 2.85. The van der Waals surface area contributed by atoms with Crippen molar-refractivity contribution in [1.82, 2.24) is 4.98 Å². The van der Waals surface area contributed by atoms with E-state index in [1.807, 2.05) is 0 Å². The highest BCUT2D eigenvalue weighted by Gasteiger charge is 2.34. The second-order valence-electron chi connectivity index (χ2n) is 3.53. The highest BCUT2D eigenvalue weighted by atomic mass is 79.9. The van der Waals surface area contributed by atoms with Crippen LogP contribution in [0.3, 0.4) is 0 Å². The Balaban J connectivity index is 3.28. The number of hydrogen-bond donors (Lipinski definition) is 0. The van der Waals surface area contributed by atoms with E-state index in [2.05, 4.69) is 30.4 Å². The van der Waals surface area contributed by atoms with Crippen molar-refractivity contribution in [3.05, 3.63) is 17.5 Å². The minimum absolute atomic E-state index is 0.00306. The van der Waals surface area contributed by atoms with Crippen LogP contribution in [0.5, 0.6) is 11.5 Å². The molecule has 1 aromatic rings. The van der Waals surface area contributed by atoms with Crippen LogP contribution in [-0.2, 0) is 21.3 Å². The third kappa shape index (κ3) is 4.26.